The molecule has 2 rings (SSSR count). The number of nitrogens with two attached hydrogens (primary N) is 1. The predicted molar refractivity (Wildman–Crippen MR) is 72.3 cm³/mol. The number of carbonyl (C=O) groups is 1. The first-order valence-electron chi connectivity index (χ1n) is 6.86. The van der Waals surface area contributed by atoms with E-state index < -0.39 is 11.8 Å². The SMILES string of the molecule is CCC1CCCC(OC(=O)c2ccc(N)cc2F)C1. The fourth-order valence-corrected chi connectivity index (χ4v) is 2.63. The maximum Gasteiger partial charge on any atom is 0.341 e. The van der Waals surface area contributed by atoms with Crippen LogP contribution < -0.4 is 5.73 Å². The van der Waals surface area contributed by atoms with Gasteiger partial charge in [-0.1, -0.05) is 19.8 Å². The Balaban J connectivity index is 2.00. The molecule has 1 aromatic rings. The van der Waals surface area contributed by atoms with Crippen molar-refractivity contribution in [3.05, 3.63) is 29.6 Å². The zero-order valence-corrected chi connectivity index (χ0v) is 11.2. The van der Waals surface area contributed by atoms with Gasteiger partial charge in [0.2, 0.25) is 0 Å². The van der Waals surface area contributed by atoms with Crippen molar-refractivity contribution in [3.8, 4) is 0 Å². The van der Waals surface area contributed by atoms with E-state index in [9.17, 15) is 9.18 Å². The van der Waals surface area contributed by atoms with Crippen LogP contribution >= 0.6 is 0 Å². The van der Waals surface area contributed by atoms with Gasteiger partial charge in [-0.25, -0.2) is 9.18 Å². The van der Waals surface area contributed by atoms with E-state index in [1.54, 1.807) is 0 Å². The first-order chi connectivity index (χ1) is 9.10. The van der Waals surface area contributed by atoms with Gasteiger partial charge in [-0.05, 0) is 43.4 Å². The van der Waals surface area contributed by atoms with E-state index >= 15 is 0 Å². The number of esters is 1. The number of anilines is 1. The fourth-order valence-electron chi connectivity index (χ4n) is 2.63. The molecule has 19 heavy (non-hydrogen) atoms. The number of halogens is 1. The van der Waals surface area contributed by atoms with E-state index in [-0.39, 0.29) is 11.7 Å². The highest BCUT2D eigenvalue weighted by Crippen LogP contribution is 2.29. The molecule has 1 saturated carbocycles. The van der Waals surface area contributed by atoms with Crippen molar-refractivity contribution in [1.82, 2.24) is 0 Å². The molecule has 0 aromatic heterocycles. The van der Waals surface area contributed by atoms with E-state index in [2.05, 4.69) is 6.92 Å². The zero-order chi connectivity index (χ0) is 13.8. The second-order valence-electron chi connectivity index (χ2n) is 5.21. The van der Waals surface area contributed by atoms with Gasteiger partial charge in [0.15, 0.2) is 0 Å². The van der Waals surface area contributed by atoms with Crippen molar-refractivity contribution in [2.75, 3.05) is 5.73 Å². The first-order valence-corrected chi connectivity index (χ1v) is 6.86. The molecule has 0 spiro atoms. The van der Waals surface area contributed by atoms with E-state index in [1.165, 1.54) is 18.6 Å². The van der Waals surface area contributed by atoms with E-state index in [0.717, 1.165) is 31.7 Å². The van der Waals surface area contributed by atoms with Crippen molar-refractivity contribution in [3.63, 3.8) is 0 Å². The van der Waals surface area contributed by atoms with Gasteiger partial charge >= 0.3 is 5.97 Å². The molecule has 0 radical (unpaired) electrons. The molecule has 3 nitrogen and oxygen atoms in total. The Morgan fingerprint density at radius 1 is 1.47 bits per heavy atom. The van der Waals surface area contributed by atoms with Gasteiger partial charge in [0.25, 0.3) is 0 Å². The van der Waals surface area contributed by atoms with Gasteiger partial charge in [-0.15, -0.1) is 0 Å². The first kappa shape index (κ1) is 13.8. The molecular weight excluding hydrogens is 245 g/mol. The summed E-state index contributed by atoms with van der Waals surface area (Å²) < 4.78 is 19.0. The summed E-state index contributed by atoms with van der Waals surface area (Å²) in [5, 5.41) is 0. The van der Waals surface area contributed by atoms with Crippen molar-refractivity contribution >= 4 is 11.7 Å². The molecule has 1 fully saturated rings. The van der Waals surface area contributed by atoms with Crippen LogP contribution in [0.25, 0.3) is 0 Å². The molecule has 2 N–H and O–H groups in total. The second kappa shape index (κ2) is 6.04. The smallest absolute Gasteiger partial charge is 0.341 e. The van der Waals surface area contributed by atoms with Crippen LogP contribution in [-0.2, 0) is 4.74 Å². The van der Waals surface area contributed by atoms with Crippen LogP contribution in [0.4, 0.5) is 10.1 Å². The topological polar surface area (TPSA) is 52.3 Å². The van der Waals surface area contributed by atoms with Crippen molar-refractivity contribution in [2.45, 2.75) is 45.1 Å². The molecule has 0 heterocycles. The van der Waals surface area contributed by atoms with Crippen molar-refractivity contribution in [2.24, 2.45) is 5.92 Å². The molecule has 104 valence electrons. The highest BCUT2D eigenvalue weighted by Gasteiger charge is 2.25. The maximum absolute atomic E-state index is 13.6. The van der Waals surface area contributed by atoms with Gasteiger partial charge in [-0.3, -0.25) is 0 Å². The molecule has 1 aliphatic rings. The number of carbonyl (C=O) groups excluding carboxylic acids is 1. The van der Waals surface area contributed by atoms with Gasteiger partial charge in [-0.2, -0.15) is 0 Å². The Kier molecular flexibility index (Phi) is 4.40. The standard InChI is InChI=1S/C15H20FNO2/c1-2-10-4-3-5-12(8-10)19-15(18)13-7-6-11(17)9-14(13)16/h6-7,9-10,12H,2-5,8,17H2,1H3. The zero-order valence-electron chi connectivity index (χ0n) is 11.2. The summed E-state index contributed by atoms with van der Waals surface area (Å²) in [6.07, 6.45) is 5.05. The maximum atomic E-state index is 13.6. The molecule has 0 amide bonds. The largest absolute Gasteiger partial charge is 0.459 e. The Morgan fingerprint density at radius 3 is 2.95 bits per heavy atom. The van der Waals surface area contributed by atoms with Crippen LogP contribution in [0.5, 0.6) is 0 Å². The third kappa shape index (κ3) is 3.46. The average molecular weight is 265 g/mol. The van der Waals surface area contributed by atoms with E-state index in [4.69, 9.17) is 10.5 Å². The number of hydrogen-bond donors (Lipinski definition) is 1. The molecule has 0 saturated heterocycles. The molecule has 2 unspecified atom stereocenters. The van der Waals surface area contributed by atoms with Gasteiger partial charge in [0.1, 0.15) is 11.9 Å². The van der Waals surface area contributed by atoms with Crippen LogP contribution in [0.15, 0.2) is 18.2 Å². The summed E-state index contributed by atoms with van der Waals surface area (Å²) in [5.41, 5.74) is 5.73. The molecule has 4 heteroatoms. The van der Waals surface area contributed by atoms with Crippen LogP contribution in [0.1, 0.15) is 49.4 Å². The number of nitrogen functional groups attached to an aromatic ring is 1. The average Bonchev–Trinajstić information content (AvgIpc) is 2.38. The minimum Gasteiger partial charge on any atom is -0.459 e. The molecule has 1 aromatic carbocycles. The fraction of sp³-hybridized carbons (Fsp3) is 0.533. The summed E-state index contributed by atoms with van der Waals surface area (Å²) in [6, 6.07) is 4.04. The van der Waals surface area contributed by atoms with Gasteiger partial charge in [0, 0.05) is 5.69 Å². The Hall–Kier alpha value is -1.58. The van der Waals surface area contributed by atoms with E-state index in [0.29, 0.717) is 11.6 Å². The summed E-state index contributed by atoms with van der Waals surface area (Å²) in [5.74, 6) is -0.588. The third-order valence-electron chi connectivity index (χ3n) is 3.80. The number of hydrogen-bond acceptors (Lipinski definition) is 3. The monoisotopic (exact) mass is 265 g/mol. The lowest BCUT2D eigenvalue weighted by molar-refractivity contribution is 0.0135. The summed E-state index contributed by atoms with van der Waals surface area (Å²) in [4.78, 5) is 11.9. The summed E-state index contributed by atoms with van der Waals surface area (Å²) in [7, 11) is 0. The molecular formula is C15H20FNO2. The molecule has 0 aliphatic heterocycles. The lowest BCUT2D eigenvalue weighted by Gasteiger charge is -2.28. The Bertz CT molecular complexity index is 461. The van der Waals surface area contributed by atoms with Crippen LogP contribution in [0, 0.1) is 11.7 Å². The molecule has 2 atom stereocenters. The van der Waals surface area contributed by atoms with Crippen molar-refractivity contribution < 1.29 is 13.9 Å². The Morgan fingerprint density at radius 2 is 2.26 bits per heavy atom. The molecule has 1 aliphatic carbocycles. The third-order valence-corrected chi connectivity index (χ3v) is 3.80. The summed E-state index contributed by atoms with van der Waals surface area (Å²) >= 11 is 0. The second-order valence-corrected chi connectivity index (χ2v) is 5.21. The number of rotatable bonds is 3. The van der Waals surface area contributed by atoms with Crippen LogP contribution in [0.3, 0.4) is 0 Å². The molecule has 0 bridgehead atoms. The number of benzene rings is 1. The minimum absolute atomic E-state index is 0.0344. The lowest BCUT2D eigenvalue weighted by Crippen LogP contribution is -2.25. The van der Waals surface area contributed by atoms with Crippen LogP contribution in [-0.4, -0.2) is 12.1 Å². The van der Waals surface area contributed by atoms with Crippen LogP contribution in [0.2, 0.25) is 0 Å². The highest BCUT2D eigenvalue weighted by molar-refractivity contribution is 5.90. The van der Waals surface area contributed by atoms with Gasteiger partial charge in [0.05, 0.1) is 5.56 Å². The van der Waals surface area contributed by atoms with Crippen molar-refractivity contribution in [1.29, 1.82) is 0 Å². The quantitative estimate of drug-likeness (QED) is 0.672. The normalized spacial score (nSPS) is 23.1. The highest BCUT2D eigenvalue weighted by atomic mass is 19.1. The van der Waals surface area contributed by atoms with E-state index in [1.807, 2.05) is 0 Å². The lowest BCUT2D eigenvalue weighted by atomic mass is 9.85. The predicted octanol–water partition coefficient (Wildman–Crippen LogP) is 3.53. The number of ether oxygens (including phenoxy) is 1. The minimum atomic E-state index is -0.618. The summed E-state index contributed by atoms with van der Waals surface area (Å²) in [6.45, 7) is 2.15. The Labute approximate surface area is 112 Å². The van der Waals surface area contributed by atoms with Gasteiger partial charge < -0.3 is 10.5 Å².